The van der Waals surface area contributed by atoms with Gasteiger partial charge in [-0.15, -0.1) is 23.1 Å². The maximum absolute atomic E-state index is 14.5. The first-order valence-electron chi connectivity index (χ1n) is 8.64. The minimum atomic E-state index is -3.56. The molecule has 0 amide bonds. The number of benzene rings is 1. The van der Waals surface area contributed by atoms with Crippen molar-refractivity contribution in [3.05, 3.63) is 52.8 Å². The molecule has 10 heteroatoms. The van der Waals surface area contributed by atoms with Gasteiger partial charge in [-0.3, -0.25) is 0 Å². The minimum Gasteiger partial charge on any atom is -0.462 e. The number of sulfonamides is 1. The number of carbonyl (C=O) groups is 1. The summed E-state index contributed by atoms with van der Waals surface area (Å²) in [6, 6.07) is 7.79. The van der Waals surface area contributed by atoms with Crippen LogP contribution in [0.4, 0.5) is 4.39 Å². The monoisotopic (exact) mass is 454 g/mol. The molecule has 0 aliphatic heterocycles. The molecule has 1 aromatic carbocycles. The van der Waals surface area contributed by atoms with E-state index in [2.05, 4.69) is 4.98 Å². The molecule has 3 aromatic rings. The largest absolute Gasteiger partial charge is 0.462 e. The Hall–Kier alpha value is -2.01. The molecule has 0 saturated heterocycles. The van der Waals surface area contributed by atoms with Gasteiger partial charge in [0.1, 0.15) is 15.6 Å². The van der Waals surface area contributed by atoms with Crippen LogP contribution in [0, 0.1) is 5.82 Å². The summed E-state index contributed by atoms with van der Waals surface area (Å²) < 4.78 is 45.6. The van der Waals surface area contributed by atoms with E-state index in [1.807, 2.05) is 0 Å². The molecule has 0 bridgehead atoms. The van der Waals surface area contributed by atoms with Crippen LogP contribution in [0.1, 0.15) is 22.2 Å². The van der Waals surface area contributed by atoms with Crippen molar-refractivity contribution in [2.45, 2.75) is 22.6 Å². The molecule has 0 spiro atoms. The summed E-state index contributed by atoms with van der Waals surface area (Å²) in [7, 11) is -0.659. The Labute approximate surface area is 176 Å². The number of ether oxygens (including phenoxy) is 1. The molecule has 0 radical (unpaired) electrons. The molecule has 2 aromatic heterocycles. The fourth-order valence-electron chi connectivity index (χ4n) is 2.63. The predicted octanol–water partition coefficient (Wildman–Crippen LogP) is 4.15. The van der Waals surface area contributed by atoms with Crippen molar-refractivity contribution < 1.29 is 22.3 Å². The summed E-state index contributed by atoms with van der Waals surface area (Å²) >= 11 is 2.49. The first-order chi connectivity index (χ1) is 13.8. The second kappa shape index (κ2) is 8.78. The van der Waals surface area contributed by atoms with E-state index in [-0.39, 0.29) is 11.5 Å². The van der Waals surface area contributed by atoms with Crippen molar-refractivity contribution in [2.75, 3.05) is 20.7 Å². The summed E-state index contributed by atoms with van der Waals surface area (Å²) in [4.78, 5) is 17.0. The third-order valence-electron chi connectivity index (χ3n) is 4.08. The average Bonchev–Trinajstić information content (AvgIpc) is 3.07. The lowest BCUT2D eigenvalue weighted by Gasteiger charge is -2.11. The van der Waals surface area contributed by atoms with Crippen LogP contribution < -0.4 is 0 Å². The lowest BCUT2D eigenvalue weighted by molar-refractivity contribution is 0.0531. The predicted molar refractivity (Wildman–Crippen MR) is 112 cm³/mol. The molecule has 0 N–H and O–H groups in total. The normalized spacial score (nSPS) is 11.9. The van der Waals surface area contributed by atoms with Gasteiger partial charge in [-0.05, 0) is 36.8 Å². The molecule has 0 aliphatic rings. The smallest absolute Gasteiger partial charge is 0.348 e. The number of hydrogen-bond acceptors (Lipinski definition) is 7. The van der Waals surface area contributed by atoms with Crippen LogP contribution in [-0.4, -0.2) is 44.4 Å². The third kappa shape index (κ3) is 4.45. The molecule has 0 unspecified atom stereocenters. The third-order valence-corrected chi connectivity index (χ3v) is 8.02. The number of thiophene rings is 1. The number of carbonyl (C=O) groups excluding carboxylic acids is 1. The van der Waals surface area contributed by atoms with Gasteiger partial charge in [-0.1, -0.05) is 6.07 Å². The summed E-state index contributed by atoms with van der Waals surface area (Å²) in [6.45, 7) is 1.94. The zero-order chi connectivity index (χ0) is 21.2. The molecular formula is C19H19FN2O4S3. The summed E-state index contributed by atoms with van der Waals surface area (Å²) in [5.41, 5.74) is 0.554. The number of hydrogen-bond donors (Lipinski definition) is 0. The van der Waals surface area contributed by atoms with Crippen LogP contribution in [0.2, 0.25) is 0 Å². The fourth-order valence-corrected chi connectivity index (χ4v) is 5.57. The topological polar surface area (TPSA) is 76.6 Å². The van der Waals surface area contributed by atoms with Crippen LogP contribution in [0.15, 0.2) is 46.5 Å². The van der Waals surface area contributed by atoms with Crippen molar-refractivity contribution in [3.63, 3.8) is 0 Å². The lowest BCUT2D eigenvalue weighted by atomic mass is 10.1. The van der Waals surface area contributed by atoms with Gasteiger partial charge < -0.3 is 4.74 Å². The Morgan fingerprint density at radius 1 is 1.28 bits per heavy atom. The number of nitrogens with zero attached hydrogens (tertiary/aromatic N) is 2. The van der Waals surface area contributed by atoms with Crippen LogP contribution in [0.5, 0.6) is 0 Å². The number of halogens is 1. The Kier molecular flexibility index (Phi) is 6.57. The SMILES string of the molecule is CCOC(=O)c1sc2cccc(F)c2c1CSc1ccc(S(=O)(=O)N(C)C)cn1. The number of pyridine rings is 1. The van der Waals surface area contributed by atoms with Crippen LogP contribution in [0.25, 0.3) is 10.1 Å². The van der Waals surface area contributed by atoms with Gasteiger partial charge in [0.25, 0.3) is 0 Å². The van der Waals surface area contributed by atoms with E-state index in [0.29, 0.717) is 31.3 Å². The van der Waals surface area contributed by atoms with E-state index in [0.717, 1.165) is 4.31 Å². The zero-order valence-corrected chi connectivity index (χ0v) is 18.5. The number of aromatic nitrogens is 1. The minimum absolute atomic E-state index is 0.0890. The van der Waals surface area contributed by atoms with Crippen molar-refractivity contribution in [2.24, 2.45) is 0 Å². The molecule has 0 atom stereocenters. The van der Waals surface area contributed by atoms with E-state index in [1.54, 1.807) is 25.1 Å². The number of fused-ring (bicyclic) bond motifs is 1. The Morgan fingerprint density at radius 2 is 2.03 bits per heavy atom. The van der Waals surface area contributed by atoms with E-state index in [1.165, 1.54) is 55.5 Å². The van der Waals surface area contributed by atoms with E-state index in [4.69, 9.17) is 4.74 Å². The zero-order valence-electron chi connectivity index (χ0n) is 16.0. The molecule has 154 valence electrons. The van der Waals surface area contributed by atoms with E-state index < -0.39 is 21.8 Å². The number of rotatable bonds is 7. The summed E-state index contributed by atoms with van der Waals surface area (Å²) in [5, 5.41) is 0.966. The molecule has 0 fully saturated rings. The van der Waals surface area contributed by atoms with Gasteiger partial charge in [0.15, 0.2) is 0 Å². The maximum atomic E-state index is 14.5. The van der Waals surface area contributed by atoms with Crippen LogP contribution in [-0.2, 0) is 20.5 Å². The van der Waals surface area contributed by atoms with E-state index in [9.17, 15) is 17.6 Å². The van der Waals surface area contributed by atoms with Crippen molar-refractivity contribution in [3.8, 4) is 0 Å². The first kappa shape index (κ1) is 21.7. The maximum Gasteiger partial charge on any atom is 0.348 e. The second-order valence-electron chi connectivity index (χ2n) is 6.15. The van der Waals surface area contributed by atoms with Gasteiger partial charge in [0, 0.05) is 36.1 Å². The standard InChI is InChI=1S/C19H19FN2O4S3/c1-4-26-19(23)18-13(17-14(20)6-5-7-15(17)28-18)11-27-16-9-8-12(10-21-16)29(24,25)22(2)3/h5-10H,4,11H2,1-3H3. The molecule has 29 heavy (non-hydrogen) atoms. The highest BCUT2D eigenvalue weighted by atomic mass is 32.2. The molecule has 0 aliphatic carbocycles. The van der Waals surface area contributed by atoms with Gasteiger partial charge in [-0.25, -0.2) is 26.9 Å². The Morgan fingerprint density at radius 3 is 2.66 bits per heavy atom. The summed E-state index contributed by atoms with van der Waals surface area (Å²) in [6.07, 6.45) is 1.29. The molecular weight excluding hydrogens is 435 g/mol. The summed E-state index contributed by atoms with van der Waals surface area (Å²) in [5.74, 6) is -0.587. The molecule has 0 saturated carbocycles. The second-order valence-corrected chi connectivity index (χ2v) is 10.4. The Balaban J connectivity index is 1.90. The van der Waals surface area contributed by atoms with Crippen LogP contribution in [0.3, 0.4) is 0 Å². The van der Waals surface area contributed by atoms with Gasteiger partial charge in [-0.2, -0.15) is 0 Å². The highest BCUT2D eigenvalue weighted by molar-refractivity contribution is 7.98. The Bertz CT molecular complexity index is 1140. The number of esters is 1. The first-order valence-corrected chi connectivity index (χ1v) is 11.9. The van der Waals surface area contributed by atoms with Crippen LogP contribution >= 0.6 is 23.1 Å². The highest BCUT2D eigenvalue weighted by Gasteiger charge is 2.22. The van der Waals surface area contributed by atoms with Crippen molar-refractivity contribution in [1.82, 2.24) is 9.29 Å². The highest BCUT2D eigenvalue weighted by Crippen LogP contribution is 2.37. The fraction of sp³-hybridized carbons (Fsp3) is 0.263. The quantitative estimate of drug-likeness (QED) is 0.394. The van der Waals surface area contributed by atoms with E-state index >= 15 is 0 Å². The van der Waals surface area contributed by atoms with Gasteiger partial charge in [0.05, 0.1) is 11.6 Å². The van der Waals surface area contributed by atoms with Gasteiger partial charge in [0.2, 0.25) is 10.0 Å². The molecule has 2 heterocycles. The molecule has 3 rings (SSSR count). The molecule has 6 nitrogen and oxygen atoms in total. The number of thioether (sulfide) groups is 1. The average molecular weight is 455 g/mol. The van der Waals surface area contributed by atoms with Gasteiger partial charge >= 0.3 is 5.97 Å². The van der Waals surface area contributed by atoms with Crippen molar-refractivity contribution >= 4 is 49.2 Å². The lowest BCUT2D eigenvalue weighted by Crippen LogP contribution is -2.22. The van der Waals surface area contributed by atoms with Crippen molar-refractivity contribution in [1.29, 1.82) is 0 Å².